The zero-order valence-corrected chi connectivity index (χ0v) is 7.66. The van der Waals surface area contributed by atoms with Gasteiger partial charge in [-0.05, 0) is 5.53 Å². The highest BCUT2D eigenvalue weighted by Gasteiger charge is 2.23. The molecule has 2 N–H and O–H groups in total. The third-order valence-electron chi connectivity index (χ3n) is 1.55. The van der Waals surface area contributed by atoms with E-state index in [9.17, 15) is 14.4 Å². The molecule has 0 fully saturated rings. The standard InChI is InChI=1S/C7H9N3O5/c8-10-9-3-5(11)1-4(7(14)15)2-6(12)13/h4H,1-3H2,(H,12,13)(H,14,15). The average Bonchev–Trinajstić information content (AvgIpc) is 2.12. The summed E-state index contributed by atoms with van der Waals surface area (Å²) in [6, 6.07) is 0. The van der Waals surface area contributed by atoms with Crippen LogP contribution < -0.4 is 0 Å². The van der Waals surface area contributed by atoms with Crippen LogP contribution in [-0.4, -0.2) is 34.5 Å². The van der Waals surface area contributed by atoms with E-state index in [4.69, 9.17) is 15.7 Å². The quantitative estimate of drug-likeness (QED) is 0.360. The summed E-state index contributed by atoms with van der Waals surface area (Å²) in [7, 11) is 0. The molecule has 82 valence electrons. The summed E-state index contributed by atoms with van der Waals surface area (Å²) >= 11 is 0. The normalized spacial score (nSPS) is 11.2. The van der Waals surface area contributed by atoms with Crippen LogP contribution in [0.3, 0.4) is 0 Å². The molecule has 1 atom stereocenters. The Bertz CT molecular complexity index is 321. The lowest BCUT2D eigenvalue weighted by molar-refractivity contribution is -0.149. The number of nitrogens with zero attached hydrogens (tertiary/aromatic N) is 3. The predicted molar refractivity (Wildman–Crippen MR) is 47.0 cm³/mol. The number of Topliss-reactive ketones (excluding diaryl/α,β-unsaturated/α-hetero) is 1. The first-order valence-electron chi connectivity index (χ1n) is 3.94. The van der Waals surface area contributed by atoms with Crippen LogP contribution in [0.1, 0.15) is 12.8 Å². The Morgan fingerprint density at radius 3 is 2.27 bits per heavy atom. The number of carbonyl (C=O) groups is 3. The molecule has 0 saturated carbocycles. The number of ketones is 1. The van der Waals surface area contributed by atoms with Crippen molar-refractivity contribution in [1.29, 1.82) is 0 Å². The van der Waals surface area contributed by atoms with Gasteiger partial charge in [0.1, 0.15) is 5.78 Å². The van der Waals surface area contributed by atoms with Gasteiger partial charge in [-0.2, -0.15) is 0 Å². The van der Waals surface area contributed by atoms with Crippen LogP contribution in [0.15, 0.2) is 5.11 Å². The number of rotatable bonds is 7. The molecule has 0 heterocycles. The second-order valence-electron chi connectivity index (χ2n) is 2.76. The van der Waals surface area contributed by atoms with Crippen LogP contribution in [0.2, 0.25) is 0 Å². The third-order valence-corrected chi connectivity index (χ3v) is 1.55. The first-order chi connectivity index (χ1) is 6.97. The van der Waals surface area contributed by atoms with Crippen molar-refractivity contribution in [3.8, 4) is 0 Å². The van der Waals surface area contributed by atoms with Gasteiger partial charge in [0.05, 0.1) is 18.9 Å². The fourth-order valence-electron chi connectivity index (χ4n) is 0.907. The Balaban J connectivity index is 4.28. The van der Waals surface area contributed by atoms with Gasteiger partial charge in [0.25, 0.3) is 0 Å². The minimum absolute atomic E-state index is 0.444. The lowest BCUT2D eigenvalue weighted by Crippen LogP contribution is -2.22. The zero-order valence-electron chi connectivity index (χ0n) is 7.66. The first kappa shape index (κ1) is 12.9. The van der Waals surface area contributed by atoms with Crippen molar-refractivity contribution in [3.05, 3.63) is 10.4 Å². The van der Waals surface area contributed by atoms with Crippen molar-refractivity contribution >= 4 is 17.7 Å². The molecule has 0 radical (unpaired) electrons. The van der Waals surface area contributed by atoms with Crippen LogP contribution in [0, 0.1) is 5.92 Å². The fourth-order valence-corrected chi connectivity index (χ4v) is 0.907. The Morgan fingerprint density at radius 2 is 1.87 bits per heavy atom. The Kier molecular flexibility index (Phi) is 5.50. The SMILES string of the molecule is [N-]=[N+]=NCC(=O)CC(CC(=O)O)C(=O)O. The van der Waals surface area contributed by atoms with Crippen molar-refractivity contribution < 1.29 is 24.6 Å². The van der Waals surface area contributed by atoms with E-state index in [2.05, 4.69) is 10.0 Å². The average molecular weight is 215 g/mol. The predicted octanol–water partition coefficient (Wildman–Crippen LogP) is 0.431. The number of carboxylic acids is 2. The maximum absolute atomic E-state index is 11.0. The van der Waals surface area contributed by atoms with Crippen molar-refractivity contribution in [1.82, 2.24) is 0 Å². The smallest absolute Gasteiger partial charge is 0.307 e. The van der Waals surface area contributed by atoms with E-state index in [0.717, 1.165) is 0 Å². The molecule has 0 rings (SSSR count). The van der Waals surface area contributed by atoms with Gasteiger partial charge in [-0.15, -0.1) is 0 Å². The molecule has 1 unspecified atom stereocenters. The molecule has 0 saturated heterocycles. The maximum atomic E-state index is 11.0. The number of hydrogen-bond donors (Lipinski definition) is 2. The summed E-state index contributed by atoms with van der Waals surface area (Å²) in [5.41, 5.74) is 7.90. The second kappa shape index (κ2) is 6.39. The van der Waals surface area contributed by atoms with Gasteiger partial charge in [0, 0.05) is 11.3 Å². The van der Waals surface area contributed by atoms with Gasteiger partial charge in [0.15, 0.2) is 0 Å². The molecule has 15 heavy (non-hydrogen) atoms. The largest absolute Gasteiger partial charge is 0.481 e. The number of carboxylic acid groups (broad SMARTS) is 2. The van der Waals surface area contributed by atoms with E-state index < -0.39 is 43.0 Å². The first-order valence-corrected chi connectivity index (χ1v) is 3.94. The molecule has 0 aromatic carbocycles. The lowest BCUT2D eigenvalue weighted by atomic mass is 9.99. The topological polar surface area (TPSA) is 140 Å². The lowest BCUT2D eigenvalue weighted by Gasteiger charge is -2.07. The second-order valence-corrected chi connectivity index (χ2v) is 2.76. The summed E-state index contributed by atoms with van der Waals surface area (Å²) in [6.07, 6.45) is -1.07. The van der Waals surface area contributed by atoms with E-state index in [1.54, 1.807) is 0 Å². The summed E-state index contributed by atoms with van der Waals surface area (Å²) in [4.78, 5) is 34.1. The summed E-state index contributed by atoms with van der Waals surface area (Å²) in [6.45, 7) is -0.458. The molecule has 8 heteroatoms. The molecule has 8 nitrogen and oxygen atoms in total. The summed E-state index contributed by atoms with van der Waals surface area (Å²) in [5, 5.41) is 19.9. The molecule has 0 aromatic heterocycles. The highest BCUT2D eigenvalue weighted by molar-refractivity contribution is 5.87. The van der Waals surface area contributed by atoms with E-state index in [1.165, 1.54) is 0 Å². The van der Waals surface area contributed by atoms with Crippen LogP contribution in [0.5, 0.6) is 0 Å². The van der Waals surface area contributed by atoms with E-state index in [0.29, 0.717) is 0 Å². The fraction of sp³-hybridized carbons (Fsp3) is 0.571. The van der Waals surface area contributed by atoms with Gasteiger partial charge < -0.3 is 10.2 Å². The molecule has 0 aliphatic carbocycles. The van der Waals surface area contributed by atoms with Crippen molar-refractivity contribution in [3.63, 3.8) is 0 Å². The minimum Gasteiger partial charge on any atom is -0.481 e. The van der Waals surface area contributed by atoms with E-state index in [1.807, 2.05) is 0 Å². The summed E-state index contributed by atoms with van der Waals surface area (Å²) in [5.74, 6) is -4.52. The Labute approximate surface area is 84.1 Å². The third kappa shape index (κ3) is 6.05. The summed E-state index contributed by atoms with van der Waals surface area (Å²) < 4.78 is 0. The minimum atomic E-state index is -1.35. The number of azide groups is 1. The van der Waals surface area contributed by atoms with Crippen molar-refractivity contribution in [2.24, 2.45) is 11.0 Å². The monoisotopic (exact) mass is 215 g/mol. The molecular weight excluding hydrogens is 206 g/mol. The van der Waals surface area contributed by atoms with Gasteiger partial charge in [0.2, 0.25) is 0 Å². The molecule has 0 aliphatic heterocycles. The zero-order chi connectivity index (χ0) is 11.8. The van der Waals surface area contributed by atoms with Gasteiger partial charge in [-0.25, -0.2) is 0 Å². The van der Waals surface area contributed by atoms with E-state index in [-0.39, 0.29) is 0 Å². The van der Waals surface area contributed by atoms with Crippen LogP contribution >= 0.6 is 0 Å². The molecular formula is C7H9N3O5. The van der Waals surface area contributed by atoms with Crippen LogP contribution in [-0.2, 0) is 14.4 Å². The number of hydrogen-bond acceptors (Lipinski definition) is 4. The maximum Gasteiger partial charge on any atom is 0.307 e. The van der Waals surface area contributed by atoms with Crippen molar-refractivity contribution in [2.45, 2.75) is 12.8 Å². The highest BCUT2D eigenvalue weighted by Crippen LogP contribution is 2.09. The number of aliphatic carboxylic acids is 2. The van der Waals surface area contributed by atoms with E-state index >= 15 is 0 Å². The van der Waals surface area contributed by atoms with Crippen LogP contribution in [0.4, 0.5) is 0 Å². The van der Waals surface area contributed by atoms with Crippen molar-refractivity contribution in [2.75, 3.05) is 6.54 Å². The Morgan fingerprint density at radius 1 is 1.27 bits per heavy atom. The molecule has 0 aliphatic rings. The highest BCUT2D eigenvalue weighted by atomic mass is 16.4. The molecule has 0 spiro atoms. The molecule has 0 aromatic rings. The molecule has 0 amide bonds. The Hall–Kier alpha value is -2.08. The van der Waals surface area contributed by atoms with Gasteiger partial charge in [-0.3, -0.25) is 14.4 Å². The van der Waals surface area contributed by atoms with Gasteiger partial charge in [-0.1, -0.05) is 5.11 Å². The van der Waals surface area contributed by atoms with Crippen LogP contribution in [0.25, 0.3) is 10.4 Å². The van der Waals surface area contributed by atoms with Gasteiger partial charge >= 0.3 is 11.9 Å². The number of carbonyl (C=O) groups excluding carboxylic acids is 1. The molecule has 0 bridgehead atoms.